The molecule has 136 valence electrons. The van der Waals surface area contributed by atoms with E-state index in [4.69, 9.17) is 10.00 Å². The standard InChI is InChI=1S/C16H21N3O5S/c1-4-24-14(20)6-5-7-16(2,22)15(21)19-11-8-13(25(3)23)12(9-17)18-10-11/h8,10,22H,4-7H2,1-3H3,(H,19,21)/t16-,25?/m1/s1. The maximum atomic E-state index is 12.2. The highest BCUT2D eigenvalue weighted by Crippen LogP contribution is 2.21. The van der Waals surface area contributed by atoms with Gasteiger partial charge in [-0.15, -0.1) is 0 Å². The molecule has 0 saturated carbocycles. The number of nitrogens with one attached hydrogen (secondary N) is 1. The number of nitriles is 1. The van der Waals surface area contributed by atoms with Gasteiger partial charge >= 0.3 is 5.97 Å². The van der Waals surface area contributed by atoms with E-state index in [0.29, 0.717) is 0 Å². The fraction of sp³-hybridized carbons (Fsp3) is 0.500. The Balaban J connectivity index is 2.72. The summed E-state index contributed by atoms with van der Waals surface area (Å²) in [5.41, 5.74) is -1.47. The molecule has 1 amide bonds. The third-order valence-corrected chi connectivity index (χ3v) is 4.30. The Labute approximate surface area is 149 Å². The number of aromatic nitrogens is 1. The van der Waals surface area contributed by atoms with Gasteiger partial charge in [-0.2, -0.15) is 5.26 Å². The third-order valence-electron chi connectivity index (χ3n) is 3.37. The predicted octanol–water partition coefficient (Wildman–Crippen LogP) is 1.11. The number of hydrogen-bond acceptors (Lipinski definition) is 7. The number of nitrogens with zero attached hydrogens (tertiary/aromatic N) is 2. The highest BCUT2D eigenvalue weighted by atomic mass is 32.2. The van der Waals surface area contributed by atoms with E-state index in [0.717, 1.165) is 0 Å². The van der Waals surface area contributed by atoms with Crippen LogP contribution in [0.15, 0.2) is 17.2 Å². The predicted molar refractivity (Wildman–Crippen MR) is 91.0 cm³/mol. The molecule has 1 unspecified atom stereocenters. The van der Waals surface area contributed by atoms with E-state index in [1.165, 1.54) is 25.4 Å². The van der Waals surface area contributed by atoms with Crippen molar-refractivity contribution in [2.75, 3.05) is 18.2 Å². The number of esters is 1. The molecule has 0 radical (unpaired) electrons. The molecule has 8 nitrogen and oxygen atoms in total. The van der Waals surface area contributed by atoms with E-state index >= 15 is 0 Å². The van der Waals surface area contributed by atoms with Crippen LogP contribution in [0.2, 0.25) is 0 Å². The number of pyridine rings is 1. The normalized spacial score (nSPS) is 14.1. The number of anilines is 1. The van der Waals surface area contributed by atoms with Crippen LogP contribution in [-0.4, -0.2) is 45.0 Å². The highest BCUT2D eigenvalue weighted by molar-refractivity contribution is 7.90. The summed E-state index contributed by atoms with van der Waals surface area (Å²) in [4.78, 5) is 27.6. The first kappa shape index (κ1) is 20.9. The molecule has 1 aromatic heterocycles. The number of ether oxygens (including phenoxy) is 1. The lowest BCUT2D eigenvalue weighted by Gasteiger charge is -2.22. The SMILES string of the molecule is CCOC(=O)CCC[C@@](C)(O)C(=O)Nc1cnc(C#N)c([S+](C)[O-])c1. The van der Waals surface area contributed by atoms with Crippen molar-refractivity contribution >= 4 is 28.7 Å². The second kappa shape index (κ2) is 9.36. The molecule has 1 rings (SSSR count). The zero-order valence-corrected chi connectivity index (χ0v) is 15.2. The molecule has 1 heterocycles. The van der Waals surface area contributed by atoms with Crippen LogP contribution >= 0.6 is 0 Å². The van der Waals surface area contributed by atoms with Gasteiger partial charge in [-0.1, -0.05) is 0 Å². The fourth-order valence-corrected chi connectivity index (χ4v) is 2.67. The maximum absolute atomic E-state index is 12.2. The summed E-state index contributed by atoms with van der Waals surface area (Å²) in [6, 6.07) is 3.21. The molecule has 0 spiro atoms. The molecule has 0 aliphatic heterocycles. The van der Waals surface area contributed by atoms with Gasteiger partial charge in [0.1, 0.15) is 17.9 Å². The summed E-state index contributed by atoms with van der Waals surface area (Å²) in [7, 11) is 0. The van der Waals surface area contributed by atoms with Crippen LogP contribution in [0.4, 0.5) is 5.69 Å². The molecule has 1 aromatic rings. The molecule has 0 aliphatic carbocycles. The van der Waals surface area contributed by atoms with E-state index in [2.05, 4.69) is 10.3 Å². The van der Waals surface area contributed by atoms with Gasteiger partial charge in [0.25, 0.3) is 5.91 Å². The first-order valence-corrected chi connectivity index (χ1v) is 9.20. The zero-order chi connectivity index (χ0) is 19.0. The van der Waals surface area contributed by atoms with Crippen LogP contribution in [0, 0.1) is 11.3 Å². The van der Waals surface area contributed by atoms with Crippen molar-refractivity contribution in [3.8, 4) is 6.07 Å². The number of rotatable bonds is 8. The number of carbonyl (C=O) groups is 2. The smallest absolute Gasteiger partial charge is 0.305 e. The maximum Gasteiger partial charge on any atom is 0.305 e. The minimum absolute atomic E-state index is 0.0139. The zero-order valence-electron chi connectivity index (χ0n) is 14.4. The number of aliphatic hydroxyl groups is 1. The van der Waals surface area contributed by atoms with Crippen LogP contribution in [0.5, 0.6) is 0 Å². The Kier molecular flexibility index (Phi) is 7.83. The van der Waals surface area contributed by atoms with Crippen LogP contribution in [0.25, 0.3) is 0 Å². The molecular weight excluding hydrogens is 346 g/mol. The van der Waals surface area contributed by atoms with E-state index < -0.39 is 22.7 Å². The molecule has 0 aliphatic rings. The van der Waals surface area contributed by atoms with Gasteiger partial charge in [-0.05, 0) is 37.9 Å². The first-order valence-electron chi connectivity index (χ1n) is 7.64. The lowest BCUT2D eigenvalue weighted by Crippen LogP contribution is -2.40. The molecule has 0 saturated heterocycles. The molecule has 2 atom stereocenters. The van der Waals surface area contributed by atoms with Crippen molar-refractivity contribution in [2.24, 2.45) is 0 Å². The van der Waals surface area contributed by atoms with Gasteiger partial charge < -0.3 is 19.7 Å². The van der Waals surface area contributed by atoms with Crippen molar-refractivity contribution in [2.45, 2.75) is 43.6 Å². The number of carbonyl (C=O) groups excluding carboxylic acids is 2. The quantitative estimate of drug-likeness (QED) is 0.519. The minimum atomic E-state index is -1.70. The monoisotopic (exact) mass is 367 g/mol. The third kappa shape index (κ3) is 6.34. The molecule has 25 heavy (non-hydrogen) atoms. The van der Waals surface area contributed by atoms with Crippen molar-refractivity contribution in [1.82, 2.24) is 4.98 Å². The van der Waals surface area contributed by atoms with Gasteiger partial charge in [0, 0.05) is 12.5 Å². The van der Waals surface area contributed by atoms with Crippen LogP contribution in [0.3, 0.4) is 0 Å². The largest absolute Gasteiger partial charge is 0.612 e. The summed E-state index contributed by atoms with van der Waals surface area (Å²) in [6.45, 7) is 3.32. The molecule has 0 bridgehead atoms. The Bertz CT molecular complexity index is 670. The molecule has 0 aromatic carbocycles. The Hall–Kier alpha value is -2.15. The molecule has 2 N–H and O–H groups in total. The fourth-order valence-electron chi connectivity index (χ4n) is 2.01. The first-order chi connectivity index (χ1) is 11.7. The van der Waals surface area contributed by atoms with Crippen molar-refractivity contribution < 1.29 is 24.0 Å². The highest BCUT2D eigenvalue weighted by Gasteiger charge is 2.30. The van der Waals surface area contributed by atoms with E-state index in [1.807, 2.05) is 6.07 Å². The average Bonchev–Trinajstić information content (AvgIpc) is 2.54. The van der Waals surface area contributed by atoms with Crippen molar-refractivity contribution in [1.29, 1.82) is 5.26 Å². The summed E-state index contributed by atoms with van der Waals surface area (Å²) in [5, 5.41) is 21.7. The van der Waals surface area contributed by atoms with Gasteiger partial charge in [-0.25, -0.2) is 4.98 Å². The Morgan fingerprint density at radius 3 is 2.80 bits per heavy atom. The number of amides is 1. The Morgan fingerprint density at radius 2 is 2.24 bits per heavy atom. The van der Waals surface area contributed by atoms with Crippen molar-refractivity contribution in [3.05, 3.63) is 18.0 Å². The van der Waals surface area contributed by atoms with Crippen LogP contribution in [0.1, 0.15) is 38.8 Å². The van der Waals surface area contributed by atoms with Crippen molar-refractivity contribution in [3.63, 3.8) is 0 Å². The lowest BCUT2D eigenvalue weighted by atomic mass is 9.98. The summed E-state index contributed by atoms with van der Waals surface area (Å²) >= 11 is -1.45. The van der Waals surface area contributed by atoms with Gasteiger partial charge in [-0.3, -0.25) is 9.59 Å². The summed E-state index contributed by atoms with van der Waals surface area (Å²) < 4.78 is 16.4. The number of hydrogen-bond donors (Lipinski definition) is 2. The van der Waals surface area contributed by atoms with E-state index in [1.54, 1.807) is 6.92 Å². The second-order valence-electron chi connectivity index (χ2n) is 5.52. The summed E-state index contributed by atoms with van der Waals surface area (Å²) in [6.07, 6.45) is 3.11. The molecule has 9 heteroatoms. The second-order valence-corrected chi connectivity index (χ2v) is 6.87. The average molecular weight is 367 g/mol. The lowest BCUT2D eigenvalue weighted by molar-refractivity contribution is -0.144. The molecule has 0 fully saturated rings. The minimum Gasteiger partial charge on any atom is -0.612 e. The molecular formula is C16H21N3O5S. The Morgan fingerprint density at radius 1 is 1.56 bits per heavy atom. The van der Waals surface area contributed by atoms with Gasteiger partial charge in [0.15, 0.2) is 10.6 Å². The topological polar surface area (TPSA) is 135 Å². The summed E-state index contributed by atoms with van der Waals surface area (Å²) in [5.74, 6) is -1.07. The van der Waals surface area contributed by atoms with E-state index in [-0.39, 0.29) is 48.1 Å². The van der Waals surface area contributed by atoms with Gasteiger partial charge in [0.05, 0.1) is 18.5 Å². The van der Waals surface area contributed by atoms with E-state index in [9.17, 15) is 19.2 Å². The van der Waals surface area contributed by atoms with Crippen LogP contribution < -0.4 is 5.32 Å². The van der Waals surface area contributed by atoms with Crippen LogP contribution in [-0.2, 0) is 25.5 Å². The van der Waals surface area contributed by atoms with Gasteiger partial charge in [0.2, 0.25) is 0 Å².